The summed E-state index contributed by atoms with van der Waals surface area (Å²) in [5.41, 5.74) is 2.34. The van der Waals surface area contributed by atoms with Gasteiger partial charge in [-0.25, -0.2) is 0 Å². The lowest BCUT2D eigenvalue weighted by Crippen LogP contribution is -2.12. The predicted molar refractivity (Wildman–Crippen MR) is 75.3 cm³/mol. The molecular formula is C16H19NO2. The van der Waals surface area contributed by atoms with Crippen LogP contribution in [-0.4, -0.2) is 13.2 Å². The number of benzene rings is 1. The topological polar surface area (TPSA) is 34.4 Å². The van der Waals surface area contributed by atoms with Crippen LogP contribution in [0.4, 0.5) is 0 Å². The van der Waals surface area contributed by atoms with Crippen LogP contribution in [0.1, 0.15) is 24.7 Å². The van der Waals surface area contributed by atoms with Crippen LogP contribution in [0.15, 0.2) is 34.7 Å². The molecule has 1 aliphatic heterocycles. The van der Waals surface area contributed by atoms with E-state index in [0.717, 1.165) is 55.4 Å². The zero-order valence-corrected chi connectivity index (χ0v) is 11.2. The van der Waals surface area contributed by atoms with Crippen LogP contribution in [0.25, 0.3) is 11.3 Å². The van der Waals surface area contributed by atoms with Crippen LogP contribution in [0.5, 0.6) is 5.75 Å². The number of ether oxygens (including phenoxy) is 1. The highest BCUT2D eigenvalue weighted by Gasteiger charge is 2.18. The summed E-state index contributed by atoms with van der Waals surface area (Å²) in [6.45, 7) is 4.73. The number of hydrogen-bond acceptors (Lipinski definition) is 3. The van der Waals surface area contributed by atoms with E-state index < -0.39 is 0 Å². The first-order valence-electron chi connectivity index (χ1n) is 6.93. The lowest BCUT2D eigenvalue weighted by molar-refractivity contribution is 0.357. The normalized spacial score (nSPS) is 13.3. The Bertz CT molecular complexity index is 560. The molecule has 0 bridgehead atoms. The molecule has 1 aliphatic rings. The van der Waals surface area contributed by atoms with Gasteiger partial charge in [-0.1, -0.05) is 19.1 Å². The average Bonchev–Trinajstić information content (AvgIpc) is 3.07. The van der Waals surface area contributed by atoms with E-state index in [-0.39, 0.29) is 0 Å². The van der Waals surface area contributed by atoms with E-state index in [4.69, 9.17) is 9.15 Å². The van der Waals surface area contributed by atoms with E-state index in [9.17, 15) is 0 Å². The van der Waals surface area contributed by atoms with Crippen LogP contribution < -0.4 is 10.1 Å². The molecule has 100 valence electrons. The number of furan rings is 1. The van der Waals surface area contributed by atoms with Gasteiger partial charge >= 0.3 is 0 Å². The van der Waals surface area contributed by atoms with Crippen molar-refractivity contribution in [2.24, 2.45) is 0 Å². The number of nitrogens with one attached hydrogen (secondary N) is 1. The molecule has 19 heavy (non-hydrogen) atoms. The minimum atomic E-state index is 0.776. The fourth-order valence-electron chi connectivity index (χ4n) is 2.42. The molecule has 3 nitrogen and oxygen atoms in total. The second-order valence-corrected chi connectivity index (χ2v) is 4.84. The molecule has 0 radical (unpaired) electrons. The van der Waals surface area contributed by atoms with Crippen LogP contribution in [0, 0.1) is 0 Å². The summed E-state index contributed by atoms with van der Waals surface area (Å²) < 4.78 is 11.6. The van der Waals surface area contributed by atoms with Crippen LogP contribution in [0.3, 0.4) is 0 Å². The molecule has 1 N–H and O–H groups in total. The Kier molecular flexibility index (Phi) is 3.56. The van der Waals surface area contributed by atoms with Gasteiger partial charge in [-0.15, -0.1) is 0 Å². The van der Waals surface area contributed by atoms with Gasteiger partial charge in [0.05, 0.1) is 18.7 Å². The van der Waals surface area contributed by atoms with Crippen molar-refractivity contribution in [2.45, 2.75) is 26.3 Å². The summed E-state index contributed by atoms with van der Waals surface area (Å²) >= 11 is 0. The minimum Gasteiger partial charge on any atom is -0.492 e. The van der Waals surface area contributed by atoms with Gasteiger partial charge in [0.1, 0.15) is 17.3 Å². The van der Waals surface area contributed by atoms with Crippen molar-refractivity contribution in [1.82, 2.24) is 5.32 Å². The quantitative estimate of drug-likeness (QED) is 0.834. The average molecular weight is 257 g/mol. The van der Waals surface area contributed by atoms with Gasteiger partial charge in [0, 0.05) is 6.42 Å². The monoisotopic (exact) mass is 257 g/mol. The Labute approximate surface area is 113 Å². The Morgan fingerprint density at radius 2 is 2.16 bits per heavy atom. The maximum absolute atomic E-state index is 5.90. The summed E-state index contributed by atoms with van der Waals surface area (Å²) in [5.74, 6) is 2.86. The Morgan fingerprint density at radius 3 is 3.05 bits per heavy atom. The summed E-state index contributed by atoms with van der Waals surface area (Å²) in [6, 6.07) is 10.3. The largest absolute Gasteiger partial charge is 0.492 e. The van der Waals surface area contributed by atoms with Crippen molar-refractivity contribution in [3.8, 4) is 17.1 Å². The third-order valence-corrected chi connectivity index (χ3v) is 3.37. The van der Waals surface area contributed by atoms with Crippen molar-refractivity contribution in [2.75, 3.05) is 13.2 Å². The number of rotatable bonds is 5. The molecule has 2 heterocycles. The van der Waals surface area contributed by atoms with Gasteiger partial charge in [-0.3, -0.25) is 0 Å². The van der Waals surface area contributed by atoms with Crippen molar-refractivity contribution in [3.05, 3.63) is 41.7 Å². The molecular weight excluding hydrogens is 238 g/mol. The second-order valence-electron chi connectivity index (χ2n) is 4.84. The smallest absolute Gasteiger partial charge is 0.138 e. The SMILES string of the molecule is CCCNCc1ccc(-c2cccc3c2OCC3)o1. The highest BCUT2D eigenvalue weighted by atomic mass is 16.5. The van der Waals surface area contributed by atoms with E-state index in [1.54, 1.807) is 0 Å². The van der Waals surface area contributed by atoms with E-state index in [1.807, 2.05) is 12.1 Å². The minimum absolute atomic E-state index is 0.776. The molecule has 0 aliphatic carbocycles. The molecule has 0 amide bonds. The molecule has 1 aromatic carbocycles. The van der Waals surface area contributed by atoms with Crippen LogP contribution >= 0.6 is 0 Å². The van der Waals surface area contributed by atoms with Crippen molar-refractivity contribution in [3.63, 3.8) is 0 Å². The molecule has 0 saturated heterocycles. The Balaban J connectivity index is 1.81. The van der Waals surface area contributed by atoms with E-state index in [0.29, 0.717) is 0 Å². The number of hydrogen-bond donors (Lipinski definition) is 1. The first kappa shape index (κ1) is 12.3. The lowest BCUT2D eigenvalue weighted by Gasteiger charge is -2.05. The molecule has 0 fully saturated rings. The first-order chi connectivity index (χ1) is 9.38. The van der Waals surface area contributed by atoms with Crippen molar-refractivity contribution in [1.29, 1.82) is 0 Å². The van der Waals surface area contributed by atoms with Gasteiger partial charge in [0.2, 0.25) is 0 Å². The van der Waals surface area contributed by atoms with Crippen LogP contribution in [0.2, 0.25) is 0 Å². The first-order valence-corrected chi connectivity index (χ1v) is 6.93. The lowest BCUT2D eigenvalue weighted by atomic mass is 10.1. The summed E-state index contributed by atoms with van der Waals surface area (Å²) in [7, 11) is 0. The van der Waals surface area contributed by atoms with Gasteiger partial charge < -0.3 is 14.5 Å². The van der Waals surface area contributed by atoms with Gasteiger partial charge in [-0.05, 0) is 36.7 Å². The third-order valence-electron chi connectivity index (χ3n) is 3.37. The number of para-hydroxylation sites is 1. The predicted octanol–water partition coefficient (Wildman–Crippen LogP) is 3.38. The van der Waals surface area contributed by atoms with Crippen LogP contribution in [-0.2, 0) is 13.0 Å². The maximum atomic E-state index is 5.90. The fourth-order valence-corrected chi connectivity index (χ4v) is 2.42. The molecule has 3 heteroatoms. The Morgan fingerprint density at radius 1 is 1.21 bits per heavy atom. The maximum Gasteiger partial charge on any atom is 0.138 e. The van der Waals surface area contributed by atoms with Crippen molar-refractivity contribution < 1.29 is 9.15 Å². The van der Waals surface area contributed by atoms with Gasteiger partial charge in [0.15, 0.2) is 0 Å². The standard InChI is InChI=1S/C16H19NO2/c1-2-9-17-11-13-6-7-15(19-13)14-5-3-4-12-8-10-18-16(12)14/h3-7,17H,2,8-11H2,1H3. The molecule has 0 atom stereocenters. The molecule has 0 saturated carbocycles. The van der Waals surface area contributed by atoms with Gasteiger partial charge in [-0.2, -0.15) is 0 Å². The van der Waals surface area contributed by atoms with E-state index in [2.05, 4.69) is 30.4 Å². The summed E-state index contributed by atoms with van der Waals surface area (Å²) in [4.78, 5) is 0. The molecule has 1 aromatic heterocycles. The third kappa shape index (κ3) is 2.51. The highest BCUT2D eigenvalue weighted by Crippen LogP contribution is 2.37. The summed E-state index contributed by atoms with van der Waals surface area (Å²) in [6.07, 6.45) is 2.13. The van der Waals surface area contributed by atoms with E-state index >= 15 is 0 Å². The zero-order valence-electron chi connectivity index (χ0n) is 11.2. The summed E-state index contributed by atoms with van der Waals surface area (Å²) in [5, 5.41) is 3.34. The van der Waals surface area contributed by atoms with Crippen molar-refractivity contribution >= 4 is 0 Å². The second kappa shape index (κ2) is 5.49. The fraction of sp³-hybridized carbons (Fsp3) is 0.375. The zero-order chi connectivity index (χ0) is 13.1. The number of fused-ring (bicyclic) bond motifs is 1. The van der Waals surface area contributed by atoms with E-state index in [1.165, 1.54) is 5.56 Å². The molecule has 0 unspecified atom stereocenters. The molecule has 0 spiro atoms. The highest BCUT2D eigenvalue weighted by molar-refractivity contribution is 5.69. The van der Waals surface area contributed by atoms with Gasteiger partial charge in [0.25, 0.3) is 0 Å². The molecule has 2 aromatic rings. The Hall–Kier alpha value is -1.74. The molecule has 3 rings (SSSR count).